The molecule has 1 aromatic heterocycles. The fraction of sp³-hybridized carbons (Fsp3) is 0.417. The lowest BCUT2D eigenvalue weighted by Crippen LogP contribution is -2.45. The van der Waals surface area contributed by atoms with E-state index in [0.29, 0.717) is 0 Å². The molecule has 2 amide bonds. The van der Waals surface area contributed by atoms with Gasteiger partial charge in [0.1, 0.15) is 5.60 Å². The monoisotopic (exact) mass is 254 g/mol. The Morgan fingerprint density at radius 1 is 1.76 bits per heavy atom. The zero-order chi connectivity index (χ0) is 12.9. The summed E-state index contributed by atoms with van der Waals surface area (Å²) in [6.07, 6.45) is 1.64. The number of carbonyl (C=O) groups is 1. The highest BCUT2D eigenvalue weighted by Gasteiger charge is 2.24. The summed E-state index contributed by atoms with van der Waals surface area (Å²) >= 11 is 1.46. The number of rotatable bonds is 5. The van der Waals surface area contributed by atoms with Crippen molar-refractivity contribution in [3.8, 4) is 0 Å². The summed E-state index contributed by atoms with van der Waals surface area (Å²) in [4.78, 5) is 12.3. The summed E-state index contributed by atoms with van der Waals surface area (Å²) < 4.78 is 0. The third-order valence-corrected chi connectivity index (χ3v) is 3.48. The number of thiophene rings is 1. The van der Waals surface area contributed by atoms with Gasteiger partial charge in [-0.2, -0.15) is 0 Å². The highest BCUT2D eigenvalue weighted by molar-refractivity contribution is 7.10. The van der Waals surface area contributed by atoms with Crippen molar-refractivity contribution in [1.29, 1.82) is 0 Å². The van der Waals surface area contributed by atoms with Crippen LogP contribution in [0.1, 0.15) is 18.7 Å². The first-order valence-electron chi connectivity index (χ1n) is 5.39. The van der Waals surface area contributed by atoms with Gasteiger partial charge in [0.2, 0.25) is 0 Å². The van der Waals surface area contributed by atoms with Crippen LogP contribution in [0.3, 0.4) is 0 Å². The first kappa shape index (κ1) is 13.7. The molecule has 0 saturated heterocycles. The fourth-order valence-electron chi connectivity index (χ4n) is 1.24. The van der Waals surface area contributed by atoms with E-state index in [0.717, 1.165) is 4.88 Å². The quantitative estimate of drug-likeness (QED) is 0.702. The molecule has 4 nitrogen and oxygen atoms in total. The van der Waals surface area contributed by atoms with Crippen molar-refractivity contribution in [3.63, 3.8) is 0 Å². The average molecular weight is 254 g/mol. The van der Waals surface area contributed by atoms with Crippen LogP contribution in [-0.4, -0.2) is 23.7 Å². The Bertz CT molecular complexity index is 374. The summed E-state index contributed by atoms with van der Waals surface area (Å²) in [5.41, 5.74) is -1.04. The van der Waals surface area contributed by atoms with Gasteiger partial charge >= 0.3 is 6.03 Å². The number of aliphatic hydroxyl groups is 1. The zero-order valence-corrected chi connectivity index (χ0v) is 10.9. The van der Waals surface area contributed by atoms with Crippen molar-refractivity contribution < 1.29 is 9.90 Å². The van der Waals surface area contributed by atoms with Crippen LogP contribution in [0.5, 0.6) is 0 Å². The lowest BCUT2D eigenvalue weighted by atomic mass is 10.1. The molecule has 0 aliphatic rings. The van der Waals surface area contributed by atoms with Crippen LogP contribution in [0, 0.1) is 0 Å². The molecular formula is C12H18N2O2S. The van der Waals surface area contributed by atoms with Crippen LogP contribution in [-0.2, 0) is 5.60 Å². The fourth-order valence-corrected chi connectivity index (χ4v) is 2.03. The van der Waals surface area contributed by atoms with E-state index in [2.05, 4.69) is 17.2 Å². The number of carbonyl (C=O) groups excluding carboxylic acids is 1. The normalized spacial score (nSPS) is 15.7. The van der Waals surface area contributed by atoms with E-state index in [1.165, 1.54) is 11.3 Å². The molecule has 0 aliphatic heterocycles. The van der Waals surface area contributed by atoms with Gasteiger partial charge in [-0.15, -0.1) is 17.9 Å². The van der Waals surface area contributed by atoms with Crippen molar-refractivity contribution in [2.45, 2.75) is 25.5 Å². The average Bonchev–Trinajstić information content (AvgIpc) is 2.80. The van der Waals surface area contributed by atoms with Crippen molar-refractivity contribution in [3.05, 3.63) is 35.0 Å². The predicted octanol–water partition coefficient (Wildman–Crippen LogP) is 1.83. The van der Waals surface area contributed by atoms with E-state index < -0.39 is 5.60 Å². The van der Waals surface area contributed by atoms with Gasteiger partial charge in [-0.1, -0.05) is 12.1 Å². The van der Waals surface area contributed by atoms with Gasteiger partial charge in [-0.3, -0.25) is 0 Å². The molecule has 0 bridgehead atoms. The number of hydrogen-bond donors (Lipinski definition) is 3. The summed E-state index contributed by atoms with van der Waals surface area (Å²) in [6.45, 7) is 7.24. The van der Waals surface area contributed by atoms with Crippen LogP contribution >= 0.6 is 11.3 Å². The maximum absolute atomic E-state index is 11.5. The van der Waals surface area contributed by atoms with Crippen LogP contribution in [0.25, 0.3) is 0 Å². The van der Waals surface area contributed by atoms with Crippen LogP contribution < -0.4 is 10.6 Å². The molecule has 3 N–H and O–H groups in total. The number of nitrogens with one attached hydrogen (secondary N) is 2. The van der Waals surface area contributed by atoms with E-state index in [9.17, 15) is 9.90 Å². The minimum absolute atomic E-state index is 0.0957. The molecule has 0 aliphatic carbocycles. The number of urea groups is 1. The van der Waals surface area contributed by atoms with Gasteiger partial charge in [0.05, 0.1) is 6.54 Å². The molecule has 0 spiro atoms. The molecule has 94 valence electrons. The maximum Gasteiger partial charge on any atom is 0.315 e. The number of hydrogen-bond acceptors (Lipinski definition) is 3. The van der Waals surface area contributed by atoms with Crippen molar-refractivity contribution in [2.24, 2.45) is 0 Å². The van der Waals surface area contributed by atoms with Crippen molar-refractivity contribution in [1.82, 2.24) is 10.6 Å². The number of amides is 2. The Labute approximate surface area is 105 Å². The third-order valence-electron chi connectivity index (χ3n) is 2.36. The molecular weight excluding hydrogens is 236 g/mol. The SMILES string of the molecule is C=CC(C)NC(=O)NCC(C)(O)c1cccs1. The molecule has 2 unspecified atom stereocenters. The smallest absolute Gasteiger partial charge is 0.315 e. The Kier molecular flexibility index (Phi) is 4.72. The van der Waals surface area contributed by atoms with Crippen LogP contribution in [0.2, 0.25) is 0 Å². The van der Waals surface area contributed by atoms with Gasteiger partial charge in [0, 0.05) is 10.9 Å². The lowest BCUT2D eigenvalue weighted by molar-refractivity contribution is 0.0631. The van der Waals surface area contributed by atoms with Gasteiger partial charge in [-0.25, -0.2) is 4.79 Å². The predicted molar refractivity (Wildman–Crippen MR) is 70.1 cm³/mol. The molecule has 1 rings (SSSR count). The maximum atomic E-state index is 11.5. The second-order valence-corrected chi connectivity index (χ2v) is 5.05. The van der Waals surface area contributed by atoms with E-state index in [1.54, 1.807) is 13.0 Å². The second kappa shape index (κ2) is 5.84. The van der Waals surface area contributed by atoms with E-state index >= 15 is 0 Å². The summed E-state index contributed by atoms with van der Waals surface area (Å²) in [6, 6.07) is 3.31. The van der Waals surface area contributed by atoms with Crippen LogP contribution in [0.4, 0.5) is 4.79 Å². The van der Waals surface area contributed by atoms with Crippen molar-refractivity contribution in [2.75, 3.05) is 6.54 Å². The van der Waals surface area contributed by atoms with Crippen molar-refractivity contribution >= 4 is 17.4 Å². The Balaban J connectivity index is 2.45. The molecule has 5 heteroatoms. The summed E-state index contributed by atoms with van der Waals surface area (Å²) in [5, 5.41) is 17.4. The first-order valence-corrected chi connectivity index (χ1v) is 6.27. The summed E-state index contributed by atoms with van der Waals surface area (Å²) in [5.74, 6) is 0. The van der Waals surface area contributed by atoms with Gasteiger partial charge in [0.15, 0.2) is 0 Å². The lowest BCUT2D eigenvalue weighted by Gasteiger charge is -2.22. The first-order chi connectivity index (χ1) is 7.95. The van der Waals surface area contributed by atoms with Gasteiger partial charge in [-0.05, 0) is 25.3 Å². The minimum atomic E-state index is -1.04. The molecule has 17 heavy (non-hydrogen) atoms. The summed E-state index contributed by atoms with van der Waals surface area (Å²) in [7, 11) is 0. The van der Waals surface area contributed by atoms with Crippen LogP contribution in [0.15, 0.2) is 30.2 Å². The standard InChI is InChI=1S/C12H18N2O2S/c1-4-9(2)14-11(15)13-8-12(3,16)10-6-5-7-17-10/h4-7,9,16H,1,8H2,2-3H3,(H2,13,14,15). The molecule has 1 heterocycles. The minimum Gasteiger partial charge on any atom is -0.383 e. The molecule has 0 aromatic carbocycles. The van der Waals surface area contributed by atoms with E-state index in [1.807, 2.05) is 24.4 Å². The largest absolute Gasteiger partial charge is 0.383 e. The molecule has 1 aromatic rings. The second-order valence-electron chi connectivity index (χ2n) is 4.10. The molecule has 0 radical (unpaired) electrons. The van der Waals surface area contributed by atoms with Gasteiger partial charge in [0.25, 0.3) is 0 Å². The van der Waals surface area contributed by atoms with Gasteiger partial charge < -0.3 is 15.7 Å². The molecule has 0 fully saturated rings. The topological polar surface area (TPSA) is 61.4 Å². The third kappa shape index (κ3) is 4.20. The Hall–Kier alpha value is -1.33. The highest BCUT2D eigenvalue weighted by atomic mass is 32.1. The Morgan fingerprint density at radius 2 is 2.47 bits per heavy atom. The zero-order valence-electron chi connectivity index (χ0n) is 10.1. The molecule has 0 saturated carbocycles. The molecule has 2 atom stereocenters. The van der Waals surface area contributed by atoms with E-state index in [-0.39, 0.29) is 18.6 Å². The Morgan fingerprint density at radius 3 is 3.00 bits per heavy atom. The highest BCUT2D eigenvalue weighted by Crippen LogP contribution is 2.24. The van der Waals surface area contributed by atoms with E-state index in [4.69, 9.17) is 0 Å².